The Balaban J connectivity index is 1.55. The second-order valence-electron chi connectivity index (χ2n) is 6.75. The number of aromatic nitrogens is 1. The molecule has 2 N–H and O–H groups in total. The first-order valence-electron chi connectivity index (χ1n) is 8.97. The predicted molar refractivity (Wildman–Crippen MR) is 114 cm³/mol. The maximum absolute atomic E-state index is 12.3. The fraction of sp³-hybridized carbons (Fsp3) is 0.421. The van der Waals surface area contributed by atoms with E-state index in [2.05, 4.69) is 16.4 Å². The molecule has 1 aliphatic rings. The lowest BCUT2D eigenvalue weighted by Gasteiger charge is -2.26. The molecule has 2 heterocycles. The lowest BCUT2D eigenvalue weighted by molar-refractivity contribution is -0.128. The highest BCUT2D eigenvalue weighted by Crippen LogP contribution is 2.29. The van der Waals surface area contributed by atoms with Crippen LogP contribution in [-0.4, -0.2) is 51.8 Å². The summed E-state index contributed by atoms with van der Waals surface area (Å²) < 4.78 is 0.709. The molecule has 1 aromatic carbocycles. The second kappa shape index (κ2) is 9.15. The van der Waals surface area contributed by atoms with Crippen LogP contribution in [0.1, 0.15) is 34.5 Å². The summed E-state index contributed by atoms with van der Waals surface area (Å²) in [6.07, 6.45) is 1.37. The minimum atomic E-state index is -1.02. The van der Waals surface area contributed by atoms with Gasteiger partial charge >= 0.3 is 5.97 Å². The van der Waals surface area contributed by atoms with E-state index in [9.17, 15) is 9.59 Å². The van der Waals surface area contributed by atoms with E-state index < -0.39 is 5.97 Å². The van der Waals surface area contributed by atoms with Crippen molar-refractivity contribution in [2.75, 3.05) is 24.2 Å². The summed E-state index contributed by atoms with van der Waals surface area (Å²) in [5.74, 6) is -0.183. The number of thioether (sulfide) groups is 1. The minimum absolute atomic E-state index is 0.0668. The number of aromatic carboxylic acids is 1. The molecule has 1 amide bonds. The molecule has 2 aromatic rings. The third kappa shape index (κ3) is 4.98. The highest BCUT2D eigenvalue weighted by atomic mass is 35.5. The van der Waals surface area contributed by atoms with Crippen molar-refractivity contribution in [3.63, 3.8) is 0 Å². The van der Waals surface area contributed by atoms with Crippen LogP contribution in [0.5, 0.6) is 0 Å². The largest absolute Gasteiger partial charge is 0.476 e. The molecule has 0 bridgehead atoms. The van der Waals surface area contributed by atoms with Gasteiger partial charge in [-0.1, -0.05) is 29.4 Å². The number of carboxylic acids is 1. The van der Waals surface area contributed by atoms with Gasteiger partial charge in [0, 0.05) is 36.7 Å². The van der Waals surface area contributed by atoms with Crippen LogP contribution in [0, 0.1) is 13.8 Å². The van der Waals surface area contributed by atoms with Gasteiger partial charge in [-0.2, -0.15) is 0 Å². The normalized spacial score (nSPS) is 16.6. The SMILES string of the molecule is Cc1cc(C)c(NC[C@H]2CCC(=O)N2CCSc2nc(C(=O)O)cs2)c(Cl)c1. The molecule has 1 fully saturated rings. The highest BCUT2D eigenvalue weighted by molar-refractivity contribution is 8.01. The summed E-state index contributed by atoms with van der Waals surface area (Å²) in [5, 5.41) is 14.6. The van der Waals surface area contributed by atoms with Crippen LogP contribution in [0.3, 0.4) is 0 Å². The molecule has 0 radical (unpaired) electrons. The molecular weight excluding hydrogens is 418 g/mol. The second-order valence-corrected chi connectivity index (χ2v) is 9.36. The van der Waals surface area contributed by atoms with E-state index in [1.54, 1.807) is 0 Å². The van der Waals surface area contributed by atoms with Crippen LogP contribution >= 0.6 is 34.7 Å². The standard InChI is InChI=1S/C19H22ClN3O3S2/c1-11-7-12(2)17(14(20)8-11)21-9-13-3-4-16(24)23(13)5-6-27-19-22-15(10-28-19)18(25)26/h7-8,10,13,21H,3-6,9H2,1-2H3,(H,25,26)/t13-/m1/s1. The Labute approximate surface area is 177 Å². The molecule has 0 spiro atoms. The molecule has 0 aliphatic carbocycles. The van der Waals surface area contributed by atoms with E-state index in [0.29, 0.717) is 34.6 Å². The summed E-state index contributed by atoms with van der Waals surface area (Å²) in [6.45, 7) is 5.30. The monoisotopic (exact) mass is 439 g/mol. The van der Waals surface area contributed by atoms with Gasteiger partial charge in [-0.25, -0.2) is 9.78 Å². The van der Waals surface area contributed by atoms with Crippen LogP contribution in [0.15, 0.2) is 21.9 Å². The smallest absolute Gasteiger partial charge is 0.355 e. The molecule has 9 heteroatoms. The first kappa shape index (κ1) is 21.0. The Bertz CT molecular complexity index is 864. The van der Waals surface area contributed by atoms with Gasteiger partial charge in [0.2, 0.25) is 5.91 Å². The van der Waals surface area contributed by atoms with Crippen molar-refractivity contribution in [1.82, 2.24) is 9.88 Å². The molecule has 150 valence electrons. The van der Waals surface area contributed by atoms with Crippen molar-refractivity contribution >= 4 is 52.3 Å². The number of nitrogens with zero attached hydrogens (tertiary/aromatic N) is 2. The third-order valence-electron chi connectivity index (χ3n) is 4.66. The Morgan fingerprint density at radius 2 is 2.25 bits per heavy atom. The number of carboxylic acid groups (broad SMARTS) is 1. The number of amides is 1. The Morgan fingerprint density at radius 1 is 1.46 bits per heavy atom. The van der Waals surface area contributed by atoms with Gasteiger partial charge in [0.05, 0.1) is 10.7 Å². The Morgan fingerprint density at radius 3 is 2.93 bits per heavy atom. The van der Waals surface area contributed by atoms with Crippen molar-refractivity contribution in [3.8, 4) is 0 Å². The number of thiazole rings is 1. The summed E-state index contributed by atoms with van der Waals surface area (Å²) in [6, 6.07) is 4.14. The van der Waals surface area contributed by atoms with Crippen LogP contribution in [0.25, 0.3) is 0 Å². The molecule has 6 nitrogen and oxygen atoms in total. The summed E-state index contributed by atoms with van der Waals surface area (Å²) in [4.78, 5) is 29.2. The van der Waals surface area contributed by atoms with Crippen LogP contribution in [0.4, 0.5) is 5.69 Å². The number of rotatable bonds is 8. The molecule has 0 saturated carbocycles. The third-order valence-corrected chi connectivity index (χ3v) is 6.96. The number of benzene rings is 1. The van der Waals surface area contributed by atoms with Gasteiger partial charge in [-0.3, -0.25) is 4.79 Å². The van der Waals surface area contributed by atoms with Gasteiger partial charge in [0.15, 0.2) is 10.0 Å². The lowest BCUT2D eigenvalue weighted by Crippen LogP contribution is -2.39. The summed E-state index contributed by atoms with van der Waals surface area (Å²) >= 11 is 9.16. The van der Waals surface area contributed by atoms with Crippen LogP contribution in [-0.2, 0) is 4.79 Å². The Kier molecular flexibility index (Phi) is 6.85. The van der Waals surface area contributed by atoms with Gasteiger partial charge in [-0.05, 0) is 37.5 Å². The summed E-state index contributed by atoms with van der Waals surface area (Å²) in [7, 11) is 0. The predicted octanol–water partition coefficient (Wildman–Crippen LogP) is 4.31. The van der Waals surface area contributed by atoms with Gasteiger partial charge in [0.1, 0.15) is 0 Å². The maximum atomic E-state index is 12.3. The zero-order valence-corrected chi connectivity index (χ0v) is 18.1. The number of hydrogen-bond donors (Lipinski definition) is 2. The average Bonchev–Trinajstić information content (AvgIpc) is 3.22. The van der Waals surface area contributed by atoms with E-state index in [4.69, 9.17) is 16.7 Å². The molecule has 0 unspecified atom stereocenters. The average molecular weight is 440 g/mol. The minimum Gasteiger partial charge on any atom is -0.476 e. The molecule has 28 heavy (non-hydrogen) atoms. The van der Waals surface area contributed by atoms with E-state index in [1.165, 1.54) is 28.5 Å². The van der Waals surface area contributed by atoms with Gasteiger partial charge < -0.3 is 15.3 Å². The highest BCUT2D eigenvalue weighted by Gasteiger charge is 2.30. The molecule has 1 aliphatic heterocycles. The van der Waals surface area contributed by atoms with Crippen molar-refractivity contribution in [2.45, 2.75) is 37.1 Å². The van der Waals surface area contributed by atoms with Gasteiger partial charge in [0.25, 0.3) is 0 Å². The zero-order valence-electron chi connectivity index (χ0n) is 15.7. The topological polar surface area (TPSA) is 82.5 Å². The molecule has 3 rings (SSSR count). The first-order valence-corrected chi connectivity index (χ1v) is 11.2. The van der Waals surface area contributed by atoms with Crippen molar-refractivity contribution in [3.05, 3.63) is 39.4 Å². The van der Waals surface area contributed by atoms with Gasteiger partial charge in [-0.15, -0.1) is 11.3 Å². The number of hydrogen-bond acceptors (Lipinski definition) is 6. The van der Waals surface area contributed by atoms with Crippen molar-refractivity contribution in [2.24, 2.45) is 0 Å². The quantitative estimate of drug-likeness (QED) is 0.596. The fourth-order valence-electron chi connectivity index (χ4n) is 3.33. The van der Waals surface area contributed by atoms with E-state index in [-0.39, 0.29) is 17.6 Å². The number of carbonyl (C=O) groups excluding carboxylic acids is 1. The number of anilines is 1. The van der Waals surface area contributed by atoms with Crippen LogP contribution < -0.4 is 5.32 Å². The van der Waals surface area contributed by atoms with Crippen LogP contribution in [0.2, 0.25) is 5.02 Å². The van der Waals surface area contributed by atoms with Crippen molar-refractivity contribution in [1.29, 1.82) is 0 Å². The number of aryl methyl sites for hydroxylation is 2. The lowest BCUT2D eigenvalue weighted by atomic mass is 10.1. The number of likely N-dealkylation sites (tertiary alicyclic amines) is 1. The van der Waals surface area contributed by atoms with E-state index in [1.807, 2.05) is 24.8 Å². The summed E-state index contributed by atoms with van der Waals surface area (Å²) in [5.41, 5.74) is 3.20. The van der Waals surface area contributed by atoms with E-state index >= 15 is 0 Å². The number of nitrogens with one attached hydrogen (secondary N) is 1. The maximum Gasteiger partial charge on any atom is 0.355 e. The molecule has 1 aromatic heterocycles. The molecule has 1 atom stereocenters. The fourth-order valence-corrected chi connectivity index (χ4v) is 5.52. The zero-order chi connectivity index (χ0) is 20.3. The number of carbonyl (C=O) groups is 2. The Hall–Kier alpha value is -1.77. The van der Waals surface area contributed by atoms with Crippen molar-refractivity contribution < 1.29 is 14.7 Å². The number of halogens is 1. The first-order chi connectivity index (χ1) is 13.3. The molecule has 1 saturated heterocycles. The molecular formula is C19H22ClN3O3S2. The van der Waals surface area contributed by atoms with E-state index in [0.717, 1.165) is 23.2 Å².